The second-order valence-electron chi connectivity index (χ2n) is 6.90. The maximum Gasteiger partial charge on any atom is 0.341 e. The Hall–Kier alpha value is -3.61. The van der Waals surface area contributed by atoms with Crippen LogP contribution in [0.5, 0.6) is 5.75 Å². The Morgan fingerprint density at radius 3 is 2.42 bits per heavy atom. The number of carbonyl (C=O) groups excluding carboxylic acids is 3. The van der Waals surface area contributed by atoms with Gasteiger partial charge in [0.2, 0.25) is 0 Å². The smallest absolute Gasteiger partial charge is 0.341 e. The van der Waals surface area contributed by atoms with E-state index < -0.39 is 30.3 Å². The highest BCUT2D eigenvalue weighted by atomic mass is 35.5. The molecule has 0 spiro atoms. The molecule has 0 saturated carbocycles. The van der Waals surface area contributed by atoms with E-state index in [-0.39, 0.29) is 24.1 Å². The van der Waals surface area contributed by atoms with Crippen molar-refractivity contribution < 1.29 is 28.7 Å². The quantitative estimate of drug-likeness (QED) is 0.238. The van der Waals surface area contributed by atoms with Crippen LogP contribution >= 0.6 is 11.6 Å². The highest BCUT2D eigenvalue weighted by molar-refractivity contribution is 6.30. The summed E-state index contributed by atoms with van der Waals surface area (Å²) in [4.78, 5) is 36.9. The van der Waals surface area contributed by atoms with Crippen LogP contribution in [0.25, 0.3) is 0 Å². The molecule has 0 heterocycles. The summed E-state index contributed by atoms with van der Waals surface area (Å²) in [6.07, 6.45) is -0.205. The summed E-state index contributed by atoms with van der Waals surface area (Å²) < 4.78 is 19.3. The van der Waals surface area contributed by atoms with Gasteiger partial charge < -0.3 is 15.5 Å². The molecule has 0 fully saturated rings. The van der Waals surface area contributed by atoms with E-state index in [1.165, 1.54) is 17.6 Å². The zero-order chi connectivity index (χ0) is 24.4. The SMILES string of the molecule is CC(C)Oc1ccc(NNNC(=O)N(CC(=O)NO)C(=O)NCc2ccc(Cl)cc2)cc1F. The predicted octanol–water partition coefficient (Wildman–Crippen LogP) is 2.52. The number of benzene rings is 2. The number of urea groups is 2. The molecule has 0 radical (unpaired) electrons. The van der Waals surface area contributed by atoms with Gasteiger partial charge in [-0.1, -0.05) is 23.7 Å². The van der Waals surface area contributed by atoms with Gasteiger partial charge in [0.1, 0.15) is 6.54 Å². The fourth-order valence-corrected chi connectivity index (χ4v) is 2.57. The van der Waals surface area contributed by atoms with Gasteiger partial charge in [-0.15, -0.1) is 5.53 Å². The number of ether oxygens (including phenoxy) is 1. The molecule has 0 aromatic heterocycles. The second kappa shape index (κ2) is 12.4. The van der Waals surface area contributed by atoms with Crippen molar-refractivity contribution in [1.82, 2.24) is 26.7 Å². The Morgan fingerprint density at radius 2 is 1.82 bits per heavy atom. The minimum atomic E-state index is -1.03. The average Bonchev–Trinajstić information content (AvgIpc) is 2.78. The average molecular weight is 483 g/mol. The number of hydrogen-bond acceptors (Lipinski definition) is 7. The van der Waals surface area contributed by atoms with Gasteiger partial charge in [-0.2, -0.15) is 0 Å². The maximum atomic E-state index is 14.0. The molecule has 13 heteroatoms. The third-order valence-corrected chi connectivity index (χ3v) is 4.20. The summed E-state index contributed by atoms with van der Waals surface area (Å²) in [6, 6.07) is 8.71. The summed E-state index contributed by atoms with van der Waals surface area (Å²) in [7, 11) is 0. The molecule has 178 valence electrons. The normalized spacial score (nSPS) is 10.4. The zero-order valence-electron chi connectivity index (χ0n) is 17.8. The van der Waals surface area contributed by atoms with Crippen LogP contribution in [0.1, 0.15) is 19.4 Å². The summed E-state index contributed by atoms with van der Waals surface area (Å²) in [5, 5.41) is 11.7. The van der Waals surface area contributed by atoms with E-state index in [1.54, 1.807) is 38.1 Å². The molecule has 5 amide bonds. The molecule has 2 aromatic carbocycles. The van der Waals surface area contributed by atoms with Crippen LogP contribution in [0.4, 0.5) is 19.7 Å². The Morgan fingerprint density at radius 1 is 1.12 bits per heavy atom. The van der Waals surface area contributed by atoms with Crippen molar-refractivity contribution in [3.63, 3.8) is 0 Å². The van der Waals surface area contributed by atoms with E-state index >= 15 is 0 Å². The van der Waals surface area contributed by atoms with Crippen molar-refractivity contribution in [1.29, 1.82) is 0 Å². The highest BCUT2D eigenvalue weighted by Gasteiger charge is 2.24. The van der Waals surface area contributed by atoms with Gasteiger partial charge in [0.05, 0.1) is 11.8 Å². The summed E-state index contributed by atoms with van der Waals surface area (Å²) >= 11 is 5.81. The number of nitrogens with one attached hydrogen (secondary N) is 5. The minimum Gasteiger partial charge on any atom is -0.488 e. The number of nitrogens with zero attached hydrogens (tertiary/aromatic N) is 1. The number of imide groups is 1. The summed E-state index contributed by atoms with van der Waals surface area (Å²) in [5.74, 6) is -1.55. The number of hydroxylamine groups is 1. The lowest BCUT2D eigenvalue weighted by molar-refractivity contribution is -0.129. The first-order valence-electron chi connectivity index (χ1n) is 9.69. The fraction of sp³-hybridized carbons (Fsp3) is 0.250. The van der Waals surface area contributed by atoms with E-state index in [2.05, 4.69) is 21.7 Å². The topological polar surface area (TPSA) is 144 Å². The number of halogens is 2. The molecule has 0 aliphatic carbocycles. The third kappa shape index (κ3) is 8.44. The van der Waals surface area contributed by atoms with E-state index in [1.807, 2.05) is 0 Å². The monoisotopic (exact) mass is 482 g/mol. The molecule has 0 atom stereocenters. The molecule has 0 saturated heterocycles. The molecular weight excluding hydrogens is 459 g/mol. The number of hydrogen-bond donors (Lipinski definition) is 6. The molecule has 2 aromatic rings. The lowest BCUT2D eigenvalue weighted by Gasteiger charge is -2.21. The van der Waals surface area contributed by atoms with E-state index in [9.17, 15) is 18.8 Å². The molecule has 0 unspecified atom stereocenters. The summed E-state index contributed by atoms with van der Waals surface area (Å²) in [6.45, 7) is 2.80. The number of carbonyl (C=O) groups is 3. The Balaban J connectivity index is 1.94. The Bertz CT molecular complexity index is 976. The molecule has 0 aliphatic heterocycles. The molecule has 0 aliphatic rings. The van der Waals surface area contributed by atoms with Crippen molar-refractivity contribution >= 4 is 35.3 Å². The first-order valence-corrected chi connectivity index (χ1v) is 10.1. The van der Waals surface area contributed by atoms with E-state index in [0.717, 1.165) is 6.07 Å². The van der Waals surface area contributed by atoms with Crippen LogP contribution in [0, 0.1) is 5.82 Å². The standard InChI is InChI=1S/C20H24ClFN6O5/c1-12(2)33-17-8-7-15(9-16(17)22)24-27-25-20(31)28(11-18(29)26-32)19(30)23-10-13-3-5-14(21)6-4-13/h3-9,12,24,27,32H,10-11H2,1-2H3,(H,23,30)(H,25,31)(H,26,29). The van der Waals surface area contributed by atoms with Gasteiger partial charge in [-0.25, -0.2) is 24.4 Å². The highest BCUT2D eigenvalue weighted by Crippen LogP contribution is 2.21. The van der Waals surface area contributed by atoms with Gasteiger partial charge in [0.25, 0.3) is 5.91 Å². The first-order chi connectivity index (χ1) is 15.7. The van der Waals surface area contributed by atoms with Crippen LogP contribution < -0.4 is 31.9 Å². The number of amides is 5. The molecule has 2 rings (SSSR count). The zero-order valence-corrected chi connectivity index (χ0v) is 18.6. The van der Waals surface area contributed by atoms with Crippen LogP contribution in [0.2, 0.25) is 5.02 Å². The molecule has 0 bridgehead atoms. The van der Waals surface area contributed by atoms with Crippen molar-refractivity contribution in [2.45, 2.75) is 26.5 Å². The van der Waals surface area contributed by atoms with Crippen LogP contribution in [-0.2, 0) is 11.3 Å². The maximum absolute atomic E-state index is 14.0. The lowest BCUT2D eigenvalue weighted by atomic mass is 10.2. The lowest BCUT2D eigenvalue weighted by Crippen LogP contribution is -2.55. The van der Waals surface area contributed by atoms with Gasteiger partial charge in [0.15, 0.2) is 11.6 Å². The molecule has 33 heavy (non-hydrogen) atoms. The third-order valence-electron chi connectivity index (χ3n) is 3.94. The fourth-order valence-electron chi connectivity index (χ4n) is 2.44. The van der Waals surface area contributed by atoms with Crippen LogP contribution in [-0.4, -0.2) is 40.7 Å². The Labute approximate surface area is 194 Å². The van der Waals surface area contributed by atoms with E-state index in [4.69, 9.17) is 21.5 Å². The van der Waals surface area contributed by atoms with Crippen LogP contribution in [0.3, 0.4) is 0 Å². The van der Waals surface area contributed by atoms with Gasteiger partial charge in [0, 0.05) is 17.6 Å². The largest absolute Gasteiger partial charge is 0.488 e. The Kier molecular flexibility index (Phi) is 9.66. The molecular formula is C20H24ClFN6O5. The number of anilines is 1. The minimum absolute atomic E-state index is 0.0519. The van der Waals surface area contributed by atoms with Crippen LogP contribution in [0.15, 0.2) is 42.5 Å². The molecule has 11 nitrogen and oxygen atoms in total. The first kappa shape index (κ1) is 25.6. The predicted molar refractivity (Wildman–Crippen MR) is 118 cm³/mol. The summed E-state index contributed by atoms with van der Waals surface area (Å²) in [5.41, 5.74) is 9.27. The van der Waals surface area contributed by atoms with E-state index in [0.29, 0.717) is 15.5 Å². The number of rotatable bonds is 9. The van der Waals surface area contributed by atoms with Crippen molar-refractivity contribution in [2.24, 2.45) is 0 Å². The second-order valence-corrected chi connectivity index (χ2v) is 7.33. The van der Waals surface area contributed by atoms with Crippen molar-refractivity contribution in [3.05, 3.63) is 58.9 Å². The van der Waals surface area contributed by atoms with Crippen molar-refractivity contribution in [2.75, 3.05) is 12.0 Å². The van der Waals surface area contributed by atoms with Gasteiger partial charge >= 0.3 is 12.1 Å². The molecule has 6 N–H and O–H groups in total. The van der Waals surface area contributed by atoms with Gasteiger partial charge in [-0.3, -0.25) is 15.4 Å². The van der Waals surface area contributed by atoms with Crippen molar-refractivity contribution in [3.8, 4) is 5.75 Å². The van der Waals surface area contributed by atoms with Gasteiger partial charge in [-0.05, 0) is 43.7 Å². The number of hydrazine groups is 2.